The van der Waals surface area contributed by atoms with Crippen molar-refractivity contribution < 1.29 is 18.4 Å². The van der Waals surface area contributed by atoms with E-state index in [1.54, 1.807) is 12.1 Å². The number of nitrogens with zero attached hydrogens (tertiary/aromatic N) is 5. The number of H-pyrrole nitrogens is 1. The van der Waals surface area contributed by atoms with Gasteiger partial charge in [0.2, 0.25) is 0 Å². The Hall–Kier alpha value is -4.02. The lowest BCUT2D eigenvalue weighted by atomic mass is 9.75. The van der Waals surface area contributed by atoms with Gasteiger partial charge in [0.25, 0.3) is 11.8 Å². The van der Waals surface area contributed by atoms with Crippen molar-refractivity contribution >= 4 is 17.5 Å². The second-order valence-electron chi connectivity index (χ2n) is 13.4. The number of rotatable bonds is 10. The van der Waals surface area contributed by atoms with Crippen LogP contribution in [0.1, 0.15) is 105 Å². The first-order chi connectivity index (χ1) is 21.1. The molecule has 1 unspecified atom stereocenters. The Morgan fingerprint density at radius 3 is 2.34 bits per heavy atom. The fraction of sp³-hybridized carbons (Fsp3) is 0.515. The van der Waals surface area contributed by atoms with Crippen molar-refractivity contribution in [2.24, 2.45) is 22.2 Å². The molecule has 2 heterocycles. The number of carbonyl (C=O) groups excluding carboxylic acids is 2. The number of amides is 2. The molecule has 1 atom stereocenters. The molecular formula is C33H39F2N7O2. The van der Waals surface area contributed by atoms with Gasteiger partial charge in [0.15, 0.2) is 5.82 Å². The second kappa shape index (κ2) is 11.8. The van der Waals surface area contributed by atoms with Crippen molar-refractivity contribution in [1.82, 2.24) is 30.8 Å². The molecule has 9 nitrogen and oxygen atoms in total. The fourth-order valence-electron chi connectivity index (χ4n) is 6.81. The predicted octanol–water partition coefficient (Wildman–Crippen LogP) is 5.90. The highest BCUT2D eigenvalue weighted by Crippen LogP contribution is 2.53. The Bertz CT molecular complexity index is 1520. The molecule has 44 heavy (non-hydrogen) atoms. The van der Waals surface area contributed by atoms with Crippen molar-refractivity contribution in [3.8, 4) is 0 Å². The summed E-state index contributed by atoms with van der Waals surface area (Å²) in [6, 6.07) is 10.2. The standard InChI is InChI=1S/C33H39F2N7O2/c1-20(2)21-8-12-33(13-9-21)37-29(24-16-25(34)18-26(35)17-24)31(44)42(33)27(10-11-32(3)14-15-32)22-4-6-23(7-5-22)30(43)36-19-28-38-40-41-39-28/h4-7,16-18,20-21,27H,8-15,19H2,1-3H3,(H,36,43)(H,38,39,40,41). The summed E-state index contributed by atoms with van der Waals surface area (Å²) in [5.41, 5.74) is 1.11. The van der Waals surface area contributed by atoms with Gasteiger partial charge in [-0.2, -0.15) is 5.21 Å². The molecule has 0 radical (unpaired) electrons. The van der Waals surface area contributed by atoms with E-state index in [2.05, 4.69) is 46.7 Å². The molecule has 2 N–H and O–H groups in total. The number of aliphatic imine (C=N–C) groups is 1. The number of aromatic amines is 1. The summed E-state index contributed by atoms with van der Waals surface area (Å²) < 4.78 is 28.7. The lowest BCUT2D eigenvalue weighted by molar-refractivity contribution is -0.133. The van der Waals surface area contributed by atoms with E-state index < -0.39 is 17.3 Å². The molecule has 2 aromatic carbocycles. The maximum Gasteiger partial charge on any atom is 0.275 e. The maximum absolute atomic E-state index is 14.4. The van der Waals surface area contributed by atoms with Gasteiger partial charge in [-0.05, 0) is 98.4 Å². The molecule has 0 bridgehead atoms. The zero-order valence-corrected chi connectivity index (χ0v) is 25.4. The molecule has 0 saturated heterocycles. The van der Waals surface area contributed by atoms with E-state index in [-0.39, 0.29) is 41.1 Å². The van der Waals surface area contributed by atoms with Gasteiger partial charge in [-0.25, -0.2) is 8.78 Å². The van der Waals surface area contributed by atoms with Gasteiger partial charge in [-0.1, -0.05) is 38.1 Å². The van der Waals surface area contributed by atoms with Crippen molar-refractivity contribution in [3.63, 3.8) is 0 Å². The largest absolute Gasteiger partial charge is 0.345 e. The number of nitrogens with one attached hydrogen (secondary N) is 2. The lowest BCUT2D eigenvalue weighted by Crippen LogP contribution is -2.51. The van der Waals surface area contributed by atoms with Gasteiger partial charge in [-0.3, -0.25) is 14.6 Å². The number of halogens is 2. The van der Waals surface area contributed by atoms with Crippen LogP contribution in [-0.4, -0.2) is 48.7 Å². The third kappa shape index (κ3) is 6.14. The van der Waals surface area contributed by atoms with E-state index in [1.807, 2.05) is 17.0 Å². The molecule has 1 aromatic heterocycles. The first kappa shape index (κ1) is 30.0. The minimum absolute atomic E-state index is 0.117. The summed E-state index contributed by atoms with van der Waals surface area (Å²) in [7, 11) is 0. The number of aromatic nitrogens is 4. The smallest absolute Gasteiger partial charge is 0.275 e. The zero-order chi connectivity index (χ0) is 31.1. The topological polar surface area (TPSA) is 116 Å². The van der Waals surface area contributed by atoms with E-state index in [0.29, 0.717) is 36.1 Å². The van der Waals surface area contributed by atoms with Gasteiger partial charge < -0.3 is 10.2 Å². The normalized spacial score (nSPS) is 23.2. The summed E-state index contributed by atoms with van der Waals surface area (Å²) in [6.45, 7) is 6.86. The number of carbonyl (C=O) groups is 2. The molecule has 232 valence electrons. The monoisotopic (exact) mass is 603 g/mol. The average Bonchev–Trinajstić information content (AvgIpc) is 3.38. The van der Waals surface area contributed by atoms with E-state index >= 15 is 0 Å². The van der Waals surface area contributed by atoms with Crippen molar-refractivity contribution in [2.45, 2.75) is 90.4 Å². The summed E-state index contributed by atoms with van der Waals surface area (Å²) in [5.74, 6) is -0.632. The van der Waals surface area contributed by atoms with E-state index in [9.17, 15) is 18.4 Å². The Labute approximate surface area is 255 Å². The molecule has 3 aromatic rings. The second-order valence-corrected chi connectivity index (χ2v) is 13.4. The zero-order valence-electron chi connectivity index (χ0n) is 25.4. The predicted molar refractivity (Wildman–Crippen MR) is 160 cm³/mol. The minimum Gasteiger partial charge on any atom is -0.345 e. The van der Waals surface area contributed by atoms with E-state index in [0.717, 1.165) is 50.2 Å². The van der Waals surface area contributed by atoms with E-state index in [4.69, 9.17) is 4.99 Å². The van der Waals surface area contributed by atoms with Crippen LogP contribution in [0.3, 0.4) is 0 Å². The molecule has 6 rings (SSSR count). The number of benzene rings is 2. The van der Waals surface area contributed by atoms with Crippen LogP contribution in [0.5, 0.6) is 0 Å². The van der Waals surface area contributed by atoms with Crippen molar-refractivity contribution in [3.05, 3.63) is 76.6 Å². The summed E-state index contributed by atoms with van der Waals surface area (Å²) in [6.07, 6.45) is 7.17. The number of tetrazole rings is 1. The molecule has 1 spiro atoms. The highest BCUT2D eigenvalue weighted by atomic mass is 19.1. The molecule has 2 aliphatic carbocycles. The molecule has 1 aliphatic heterocycles. The maximum atomic E-state index is 14.4. The Morgan fingerprint density at radius 2 is 1.75 bits per heavy atom. The van der Waals surface area contributed by atoms with Crippen molar-refractivity contribution in [2.75, 3.05) is 0 Å². The van der Waals surface area contributed by atoms with Crippen LogP contribution < -0.4 is 5.32 Å². The highest BCUT2D eigenvalue weighted by molar-refractivity contribution is 6.46. The van der Waals surface area contributed by atoms with Gasteiger partial charge in [0.1, 0.15) is 23.0 Å². The summed E-state index contributed by atoms with van der Waals surface area (Å²) in [4.78, 5) is 34.2. The van der Waals surface area contributed by atoms with Gasteiger partial charge in [0, 0.05) is 17.2 Å². The number of hydrogen-bond acceptors (Lipinski definition) is 6. The molecule has 2 fully saturated rings. The molecular weight excluding hydrogens is 564 g/mol. The van der Waals surface area contributed by atoms with Crippen LogP contribution in [-0.2, 0) is 11.3 Å². The Kier molecular flexibility index (Phi) is 8.06. The summed E-state index contributed by atoms with van der Waals surface area (Å²) >= 11 is 0. The SMILES string of the molecule is CC(C)C1CCC2(CC1)N=C(c1cc(F)cc(F)c1)C(=O)N2C(CCC1(C)CC1)c1ccc(C(=O)NCc2nn[nH]n2)cc1. The minimum atomic E-state index is -0.795. The fourth-order valence-corrected chi connectivity index (χ4v) is 6.81. The first-order valence-corrected chi connectivity index (χ1v) is 15.6. The van der Waals surface area contributed by atoms with Crippen LogP contribution >= 0.6 is 0 Å². The third-order valence-corrected chi connectivity index (χ3v) is 9.89. The summed E-state index contributed by atoms with van der Waals surface area (Å²) in [5, 5.41) is 16.4. The quantitative estimate of drug-likeness (QED) is 0.299. The molecule has 3 aliphatic rings. The number of hydrogen-bond donors (Lipinski definition) is 2. The van der Waals surface area contributed by atoms with Crippen LogP contribution in [0, 0.1) is 28.9 Å². The highest BCUT2D eigenvalue weighted by Gasteiger charge is 2.52. The lowest BCUT2D eigenvalue weighted by Gasteiger charge is -2.46. The Balaban J connectivity index is 1.33. The van der Waals surface area contributed by atoms with Crippen LogP contribution in [0.4, 0.5) is 8.78 Å². The van der Waals surface area contributed by atoms with Crippen LogP contribution in [0.25, 0.3) is 0 Å². The van der Waals surface area contributed by atoms with Gasteiger partial charge in [-0.15, -0.1) is 10.2 Å². The average molecular weight is 604 g/mol. The van der Waals surface area contributed by atoms with Gasteiger partial charge in [0.05, 0.1) is 12.6 Å². The van der Waals surface area contributed by atoms with E-state index in [1.165, 1.54) is 12.1 Å². The third-order valence-electron chi connectivity index (χ3n) is 9.89. The molecule has 2 saturated carbocycles. The Morgan fingerprint density at radius 1 is 1.07 bits per heavy atom. The van der Waals surface area contributed by atoms with Crippen molar-refractivity contribution in [1.29, 1.82) is 0 Å². The van der Waals surface area contributed by atoms with Gasteiger partial charge >= 0.3 is 0 Å². The van der Waals surface area contributed by atoms with Crippen LogP contribution in [0.2, 0.25) is 0 Å². The molecule has 2 amide bonds. The van der Waals surface area contributed by atoms with Crippen LogP contribution in [0.15, 0.2) is 47.5 Å². The first-order valence-electron chi connectivity index (χ1n) is 15.6. The molecule has 11 heteroatoms.